The third-order valence-electron chi connectivity index (χ3n) is 5.61. The molecule has 0 aliphatic rings. The Labute approximate surface area is 207 Å². The largest absolute Gasteiger partial charge is 0.494 e. The first-order chi connectivity index (χ1) is 16.7. The van der Waals surface area contributed by atoms with Crippen LogP contribution in [0.1, 0.15) is 83.1 Å². The maximum absolute atomic E-state index is 10.8. The fraction of sp³-hybridized carbons (Fsp3) is 0.731. The average Bonchev–Trinajstić information content (AvgIpc) is 2.85. The van der Waals surface area contributed by atoms with Crippen LogP contribution >= 0.6 is 8.60 Å². The van der Waals surface area contributed by atoms with E-state index in [0.29, 0.717) is 19.5 Å². The molecule has 1 rings (SSSR count). The van der Waals surface area contributed by atoms with Crippen molar-refractivity contribution in [3.63, 3.8) is 0 Å². The first kappa shape index (κ1) is 30.8. The summed E-state index contributed by atoms with van der Waals surface area (Å²) in [6.07, 6.45) is 13.9. The Balaban J connectivity index is 2.18. The van der Waals surface area contributed by atoms with Crippen molar-refractivity contribution in [2.24, 2.45) is 0 Å². The summed E-state index contributed by atoms with van der Waals surface area (Å²) >= 11 is 0. The van der Waals surface area contributed by atoms with Crippen molar-refractivity contribution < 1.29 is 33.5 Å². The molecular weight excluding hydrogens is 453 g/mol. The highest BCUT2D eigenvalue weighted by Crippen LogP contribution is 2.33. The molecule has 2 unspecified atom stereocenters. The van der Waals surface area contributed by atoms with Crippen molar-refractivity contribution in [3.8, 4) is 5.75 Å². The van der Waals surface area contributed by atoms with E-state index in [1.807, 2.05) is 36.6 Å². The number of carbonyl (C=O) groups excluding carboxylic acids is 1. The Kier molecular flexibility index (Phi) is 20.1. The second kappa shape index (κ2) is 22.2. The summed E-state index contributed by atoms with van der Waals surface area (Å²) in [5.41, 5.74) is 1.00. The van der Waals surface area contributed by atoms with Gasteiger partial charge in [0.2, 0.25) is 0 Å². The molecule has 3 N–H and O–H groups in total. The number of unbranched alkanes of at least 4 members (excludes halogenated alkanes) is 9. The van der Waals surface area contributed by atoms with Gasteiger partial charge in [0, 0.05) is 12.8 Å². The smallest absolute Gasteiger partial charge is 0.329 e. The number of hydrogen-bond acceptors (Lipinski definition) is 6. The molecule has 1 aromatic rings. The van der Waals surface area contributed by atoms with Crippen LogP contribution in [0.4, 0.5) is 0 Å². The third-order valence-corrected chi connectivity index (χ3v) is 6.38. The number of carbonyl (C=O) groups is 1. The molecule has 0 aromatic heterocycles. The molecule has 0 saturated carbocycles. The quantitative estimate of drug-likeness (QED) is 0.119. The van der Waals surface area contributed by atoms with E-state index in [1.165, 1.54) is 57.8 Å². The van der Waals surface area contributed by atoms with Crippen LogP contribution in [0.25, 0.3) is 0 Å². The zero-order valence-corrected chi connectivity index (χ0v) is 22.2. The summed E-state index contributed by atoms with van der Waals surface area (Å²) in [7, 11) is 0.0155. The monoisotopic (exact) mass is 500 g/mol. The second-order valence-electron chi connectivity index (χ2n) is 8.65. The van der Waals surface area contributed by atoms with Gasteiger partial charge in [0.15, 0.2) is 0 Å². The summed E-state index contributed by atoms with van der Waals surface area (Å²) in [6.45, 7) is 4.85. The lowest BCUT2D eigenvalue weighted by atomic mass is 10.1. The predicted octanol–water partition coefficient (Wildman–Crippen LogP) is 4.91. The van der Waals surface area contributed by atoms with Crippen molar-refractivity contribution in [3.05, 3.63) is 29.8 Å². The molecule has 7 nitrogen and oxygen atoms in total. The molecule has 0 radical (unpaired) electrons. The highest BCUT2D eigenvalue weighted by Gasteiger charge is 2.15. The van der Waals surface area contributed by atoms with E-state index >= 15 is 0 Å². The topological polar surface area (TPSA) is 90.8 Å². The minimum atomic E-state index is -1.97. The average molecular weight is 501 g/mol. The molecular formula is C26H47NO6P+. The summed E-state index contributed by atoms with van der Waals surface area (Å²) < 4.78 is 21.6. The molecule has 0 aliphatic heterocycles. The highest BCUT2D eigenvalue weighted by molar-refractivity contribution is 7.40. The molecule has 0 heterocycles. The van der Waals surface area contributed by atoms with E-state index < -0.39 is 14.7 Å². The van der Waals surface area contributed by atoms with Crippen molar-refractivity contribution in [1.29, 1.82) is 0 Å². The van der Waals surface area contributed by atoms with Gasteiger partial charge < -0.3 is 28.7 Å². The number of hydrogen-bond donors (Lipinski definition) is 2. The Morgan fingerprint density at radius 2 is 1.56 bits per heavy atom. The molecule has 2 atom stereocenters. The normalized spacial score (nSPS) is 12.9. The molecule has 0 amide bonds. The van der Waals surface area contributed by atoms with Crippen molar-refractivity contribution >= 4 is 15.1 Å². The maximum Gasteiger partial charge on any atom is 0.329 e. The van der Waals surface area contributed by atoms with Crippen molar-refractivity contribution in [2.45, 2.75) is 90.1 Å². The molecule has 0 bridgehead atoms. The van der Waals surface area contributed by atoms with Gasteiger partial charge in [0.1, 0.15) is 11.9 Å². The van der Waals surface area contributed by atoms with E-state index in [0.717, 1.165) is 37.3 Å². The van der Waals surface area contributed by atoms with Crippen LogP contribution in [0.5, 0.6) is 5.75 Å². The Morgan fingerprint density at radius 1 is 0.912 bits per heavy atom. The zero-order valence-electron chi connectivity index (χ0n) is 21.3. The van der Waals surface area contributed by atoms with E-state index in [-0.39, 0.29) is 6.61 Å². The number of ether oxygens (including phenoxy) is 2. The second-order valence-corrected chi connectivity index (χ2v) is 9.64. The lowest BCUT2D eigenvalue weighted by molar-refractivity contribution is -0.627. The van der Waals surface area contributed by atoms with Crippen molar-refractivity contribution in [2.75, 3.05) is 33.4 Å². The van der Waals surface area contributed by atoms with Gasteiger partial charge in [-0.2, -0.15) is 0 Å². The maximum atomic E-state index is 10.8. The fourth-order valence-electron chi connectivity index (χ4n) is 3.60. The molecule has 0 spiro atoms. The predicted molar refractivity (Wildman–Crippen MR) is 137 cm³/mol. The van der Waals surface area contributed by atoms with Gasteiger partial charge in [-0.3, -0.25) is 4.79 Å². The van der Waals surface area contributed by atoms with E-state index in [2.05, 4.69) is 6.92 Å². The lowest BCUT2D eigenvalue weighted by Gasteiger charge is -2.17. The first-order valence-electron chi connectivity index (χ1n) is 13.0. The Bertz CT molecular complexity index is 589. The van der Waals surface area contributed by atoms with E-state index in [9.17, 15) is 9.69 Å². The summed E-state index contributed by atoms with van der Waals surface area (Å²) in [5.74, 6) is 0.848. The van der Waals surface area contributed by atoms with Gasteiger partial charge in [-0.1, -0.05) is 76.8 Å². The number of rotatable bonds is 24. The number of nitrogens with two attached hydrogens (primary N) is 1. The van der Waals surface area contributed by atoms with Gasteiger partial charge in [-0.15, -0.1) is 0 Å². The third kappa shape index (κ3) is 17.2. The molecule has 1 aromatic carbocycles. The summed E-state index contributed by atoms with van der Waals surface area (Å²) in [5, 5.41) is 2.05. The van der Waals surface area contributed by atoms with Crippen LogP contribution < -0.4 is 10.1 Å². The summed E-state index contributed by atoms with van der Waals surface area (Å²) in [6, 6.07) is 7.82. The Hall–Kier alpha value is -1.24. The van der Waals surface area contributed by atoms with Crippen molar-refractivity contribution in [1.82, 2.24) is 0 Å². The number of benzene rings is 1. The SMILES string of the molecule is CCCCCCCCCCCCOc1ccc(CC(COP(O)OCCC[NH2+]C)OC=O)cc1. The zero-order chi connectivity index (χ0) is 24.7. The van der Waals surface area contributed by atoms with Gasteiger partial charge >= 0.3 is 8.60 Å². The molecule has 0 fully saturated rings. The minimum absolute atomic E-state index is 0.0812. The van der Waals surface area contributed by atoms with Gasteiger partial charge in [0.25, 0.3) is 6.47 Å². The van der Waals surface area contributed by atoms with Gasteiger partial charge in [0.05, 0.1) is 33.4 Å². The molecule has 0 aliphatic carbocycles. The van der Waals surface area contributed by atoms with Gasteiger partial charge in [-0.05, 0) is 24.1 Å². The molecule has 196 valence electrons. The van der Waals surface area contributed by atoms with Crippen LogP contribution in [-0.4, -0.2) is 50.9 Å². The molecule has 34 heavy (non-hydrogen) atoms. The first-order valence-corrected chi connectivity index (χ1v) is 14.2. The van der Waals surface area contributed by atoms with Crippen LogP contribution in [0.2, 0.25) is 0 Å². The molecule has 8 heteroatoms. The van der Waals surface area contributed by atoms with E-state index in [1.54, 1.807) is 0 Å². The minimum Gasteiger partial charge on any atom is -0.494 e. The lowest BCUT2D eigenvalue weighted by Crippen LogP contribution is -2.79. The van der Waals surface area contributed by atoms with Crippen LogP contribution in [0.15, 0.2) is 24.3 Å². The summed E-state index contributed by atoms with van der Waals surface area (Å²) in [4.78, 5) is 20.7. The van der Waals surface area contributed by atoms with Crippen LogP contribution in [0, 0.1) is 0 Å². The van der Waals surface area contributed by atoms with Crippen LogP contribution in [0.3, 0.4) is 0 Å². The van der Waals surface area contributed by atoms with Gasteiger partial charge in [-0.25, -0.2) is 0 Å². The standard InChI is InChI=1S/C26H46NO6P/c1-3-4-5-6-7-8-9-10-11-12-19-30-25-16-14-24(15-17-25)21-26(31-23-28)22-33-34(29)32-20-13-18-27-2/h14-17,23,26-27,29H,3-13,18-22H2,1-2H3/p+1. The van der Waals surface area contributed by atoms with E-state index in [4.69, 9.17) is 18.5 Å². The molecule has 0 saturated heterocycles. The number of quaternary nitrogens is 1. The fourth-order valence-corrected chi connectivity index (χ4v) is 4.26. The van der Waals surface area contributed by atoms with Crippen LogP contribution in [-0.2, 0) is 25.0 Å². The Morgan fingerprint density at radius 3 is 2.18 bits per heavy atom. The highest BCUT2D eigenvalue weighted by atomic mass is 31.2.